The molecule has 3 rings (SSSR count). The number of hydrogen-bond acceptors (Lipinski definition) is 6. The highest BCUT2D eigenvalue weighted by Crippen LogP contribution is 2.33. The van der Waals surface area contributed by atoms with Crippen molar-refractivity contribution < 1.29 is 18.1 Å². The van der Waals surface area contributed by atoms with E-state index in [9.17, 15) is 23.3 Å². The van der Waals surface area contributed by atoms with Crippen molar-refractivity contribution in [2.24, 2.45) is 4.40 Å². The normalized spacial score (nSPS) is 17.1. The Kier molecular flexibility index (Phi) is 6.37. The molecule has 8 nitrogen and oxygen atoms in total. The third-order valence-corrected chi connectivity index (χ3v) is 6.84. The molecule has 1 amide bonds. The molecule has 0 N–H and O–H groups in total. The van der Waals surface area contributed by atoms with Crippen LogP contribution in [0, 0.1) is 10.1 Å². The van der Waals surface area contributed by atoms with E-state index in [2.05, 4.69) is 4.40 Å². The third-order valence-electron chi connectivity index (χ3n) is 4.43. The number of nitro benzene ring substituents is 1. The number of amides is 1. The molecule has 2 aromatic rings. The molecule has 0 radical (unpaired) electrons. The Morgan fingerprint density at radius 1 is 1.10 bits per heavy atom. The maximum absolute atomic E-state index is 12.7. The number of amidine groups is 1. The van der Waals surface area contributed by atoms with E-state index in [1.165, 1.54) is 41.3 Å². The van der Waals surface area contributed by atoms with E-state index in [0.29, 0.717) is 10.5 Å². The number of nitrogens with zero attached hydrogens (tertiary/aromatic N) is 3. The summed E-state index contributed by atoms with van der Waals surface area (Å²) >= 11 is 0.960. The van der Waals surface area contributed by atoms with E-state index >= 15 is 0 Å². The molecule has 0 saturated carbocycles. The molecule has 2 aromatic carbocycles. The van der Waals surface area contributed by atoms with Crippen LogP contribution in [0.1, 0.15) is 25.0 Å². The molecule has 156 valence electrons. The highest BCUT2D eigenvalue weighted by Gasteiger charge is 2.34. The number of rotatable bonds is 6. The van der Waals surface area contributed by atoms with Gasteiger partial charge in [-0.25, -0.2) is 0 Å². The smallest absolute Gasteiger partial charge is 0.284 e. The van der Waals surface area contributed by atoms with Gasteiger partial charge in [0.1, 0.15) is 0 Å². The van der Waals surface area contributed by atoms with Crippen LogP contribution in [0.3, 0.4) is 0 Å². The van der Waals surface area contributed by atoms with Crippen molar-refractivity contribution in [1.82, 2.24) is 4.90 Å². The second-order valence-corrected chi connectivity index (χ2v) is 8.97. The van der Waals surface area contributed by atoms with Crippen LogP contribution in [0.5, 0.6) is 0 Å². The van der Waals surface area contributed by atoms with E-state index in [4.69, 9.17) is 0 Å². The second kappa shape index (κ2) is 8.80. The molecule has 0 aromatic heterocycles. The van der Waals surface area contributed by atoms with Crippen LogP contribution < -0.4 is 0 Å². The predicted molar refractivity (Wildman–Crippen MR) is 116 cm³/mol. The molecule has 0 unspecified atom stereocenters. The molecule has 0 aliphatic carbocycles. The van der Waals surface area contributed by atoms with Gasteiger partial charge in [-0.3, -0.25) is 19.8 Å². The van der Waals surface area contributed by atoms with Gasteiger partial charge in [0.25, 0.3) is 21.6 Å². The van der Waals surface area contributed by atoms with E-state index in [0.717, 1.165) is 23.7 Å². The van der Waals surface area contributed by atoms with Crippen LogP contribution in [0.15, 0.2) is 62.7 Å². The molecule has 30 heavy (non-hydrogen) atoms. The number of thioether (sulfide) groups is 1. The summed E-state index contributed by atoms with van der Waals surface area (Å²) in [4.78, 5) is 24.6. The van der Waals surface area contributed by atoms with E-state index < -0.39 is 14.9 Å². The van der Waals surface area contributed by atoms with Crippen molar-refractivity contribution in [2.45, 2.75) is 25.2 Å². The fourth-order valence-corrected chi connectivity index (χ4v) is 5.00. The summed E-state index contributed by atoms with van der Waals surface area (Å²) in [7, 11) is -3.98. The maximum Gasteiger partial charge on any atom is 0.284 e. The van der Waals surface area contributed by atoms with Crippen molar-refractivity contribution in [3.63, 3.8) is 0 Å². The number of likely N-dealkylation sites (N-methyl/N-ethyl adjacent to an activating group) is 1. The van der Waals surface area contributed by atoms with Crippen LogP contribution in [0.2, 0.25) is 0 Å². The third kappa shape index (κ3) is 4.60. The van der Waals surface area contributed by atoms with Gasteiger partial charge >= 0.3 is 0 Å². The van der Waals surface area contributed by atoms with Gasteiger partial charge in [-0.2, -0.15) is 8.42 Å². The predicted octanol–water partition coefficient (Wildman–Crippen LogP) is 3.84. The number of carbonyl (C=O) groups excluding carboxylic acids is 1. The lowest BCUT2D eigenvalue weighted by Gasteiger charge is -2.12. The Labute approximate surface area is 178 Å². The summed E-state index contributed by atoms with van der Waals surface area (Å²) in [6.45, 7) is 3.96. The van der Waals surface area contributed by atoms with Gasteiger partial charge in [-0.05, 0) is 66.6 Å². The number of nitro groups is 1. The first-order valence-electron chi connectivity index (χ1n) is 9.15. The lowest BCUT2D eigenvalue weighted by molar-refractivity contribution is -0.384. The summed E-state index contributed by atoms with van der Waals surface area (Å²) < 4.78 is 29.3. The minimum Gasteiger partial charge on any atom is -0.286 e. The standard InChI is InChI=1S/C20H19N3O5S2/c1-3-14-7-11-17(12-8-14)30(27,28)21-20-22(4-2)19(24)18(29-20)13-15-5-9-16(10-6-15)23(25)26/h5-13H,3-4H2,1-2H3/b18-13-,21-20?. The molecule has 1 aliphatic rings. The summed E-state index contributed by atoms with van der Waals surface area (Å²) in [6.07, 6.45) is 2.35. The number of non-ortho nitro benzene ring substituents is 1. The molecule has 1 aliphatic heterocycles. The second-order valence-electron chi connectivity index (χ2n) is 6.36. The first-order valence-corrected chi connectivity index (χ1v) is 11.4. The number of hydrogen-bond donors (Lipinski definition) is 0. The first kappa shape index (κ1) is 21.7. The van der Waals surface area contributed by atoms with Crippen molar-refractivity contribution >= 4 is 44.6 Å². The number of carbonyl (C=O) groups is 1. The molecular formula is C20H19N3O5S2. The zero-order valence-electron chi connectivity index (χ0n) is 16.3. The fourth-order valence-electron chi connectivity index (χ4n) is 2.75. The molecule has 0 atom stereocenters. The Morgan fingerprint density at radius 3 is 2.27 bits per heavy atom. The highest BCUT2D eigenvalue weighted by molar-refractivity contribution is 8.19. The molecule has 10 heteroatoms. The van der Waals surface area contributed by atoms with E-state index in [-0.39, 0.29) is 28.2 Å². The van der Waals surface area contributed by atoms with Gasteiger partial charge in [0, 0.05) is 18.7 Å². The lowest BCUT2D eigenvalue weighted by Crippen LogP contribution is -2.29. The quantitative estimate of drug-likeness (QED) is 0.380. The molecule has 1 heterocycles. The zero-order valence-corrected chi connectivity index (χ0v) is 17.9. The summed E-state index contributed by atoms with van der Waals surface area (Å²) in [5.74, 6) is -0.365. The largest absolute Gasteiger partial charge is 0.286 e. The molecule has 1 saturated heterocycles. The Balaban J connectivity index is 1.91. The minimum atomic E-state index is -3.98. The van der Waals surface area contributed by atoms with Crippen LogP contribution in [-0.4, -0.2) is 35.9 Å². The van der Waals surface area contributed by atoms with Gasteiger partial charge < -0.3 is 0 Å². The van der Waals surface area contributed by atoms with E-state index in [1.54, 1.807) is 25.1 Å². The number of aryl methyl sites for hydroxylation is 1. The van der Waals surface area contributed by atoms with Crippen molar-refractivity contribution in [2.75, 3.05) is 6.54 Å². The Bertz CT molecular complexity index is 1140. The Morgan fingerprint density at radius 2 is 1.73 bits per heavy atom. The average molecular weight is 446 g/mol. The van der Waals surface area contributed by atoms with Crippen molar-refractivity contribution in [3.05, 3.63) is 74.7 Å². The van der Waals surface area contributed by atoms with Gasteiger partial charge in [-0.15, -0.1) is 4.40 Å². The van der Waals surface area contributed by atoms with Gasteiger partial charge in [0.05, 0.1) is 14.7 Å². The summed E-state index contributed by atoms with van der Waals surface area (Å²) in [5.41, 5.74) is 1.54. The van der Waals surface area contributed by atoms with Crippen molar-refractivity contribution in [3.8, 4) is 0 Å². The SMILES string of the molecule is CCc1ccc(S(=O)(=O)N=C2S/C(=C\c3ccc([N+](=O)[O-])cc3)C(=O)N2CC)cc1. The van der Waals surface area contributed by atoms with Crippen LogP contribution >= 0.6 is 11.8 Å². The molecule has 0 bridgehead atoms. The van der Waals surface area contributed by atoms with E-state index in [1.807, 2.05) is 6.92 Å². The minimum absolute atomic E-state index is 0.0554. The highest BCUT2D eigenvalue weighted by atomic mass is 32.2. The van der Waals surface area contributed by atoms with Crippen molar-refractivity contribution in [1.29, 1.82) is 0 Å². The molecular weight excluding hydrogens is 426 g/mol. The number of sulfonamides is 1. The van der Waals surface area contributed by atoms with Crippen LogP contribution in [-0.2, 0) is 21.2 Å². The first-order chi connectivity index (χ1) is 14.2. The monoisotopic (exact) mass is 445 g/mol. The van der Waals surface area contributed by atoms with Gasteiger partial charge in [0.15, 0.2) is 5.17 Å². The Hall–Kier alpha value is -2.98. The topological polar surface area (TPSA) is 110 Å². The number of benzene rings is 2. The molecule has 0 spiro atoms. The average Bonchev–Trinajstić information content (AvgIpc) is 3.01. The van der Waals surface area contributed by atoms with Gasteiger partial charge in [0.2, 0.25) is 0 Å². The zero-order chi connectivity index (χ0) is 21.9. The molecule has 1 fully saturated rings. The fraction of sp³-hybridized carbons (Fsp3) is 0.200. The van der Waals surface area contributed by atoms with Gasteiger partial charge in [-0.1, -0.05) is 19.1 Å². The van der Waals surface area contributed by atoms with Crippen LogP contribution in [0.4, 0.5) is 5.69 Å². The van der Waals surface area contributed by atoms with Crippen LogP contribution in [0.25, 0.3) is 6.08 Å². The lowest BCUT2D eigenvalue weighted by atomic mass is 10.2. The maximum atomic E-state index is 12.7. The summed E-state index contributed by atoms with van der Waals surface area (Å²) in [5, 5.41) is 10.9. The summed E-state index contributed by atoms with van der Waals surface area (Å²) in [6, 6.07) is 12.2.